The van der Waals surface area contributed by atoms with Crippen molar-refractivity contribution in [3.8, 4) is 0 Å². The molecule has 1 atom stereocenters. The molecule has 120 valence electrons. The largest absolute Gasteiger partial charge is 0.360 e. The number of anilines is 1. The van der Waals surface area contributed by atoms with E-state index < -0.39 is 0 Å². The minimum atomic E-state index is -0.0252. The van der Waals surface area contributed by atoms with E-state index in [2.05, 4.69) is 36.1 Å². The molecule has 0 bridgehead atoms. The van der Waals surface area contributed by atoms with Gasteiger partial charge in [-0.25, -0.2) is 0 Å². The van der Waals surface area contributed by atoms with Gasteiger partial charge >= 0.3 is 0 Å². The zero-order valence-corrected chi connectivity index (χ0v) is 13.8. The number of carbonyl (C=O) groups is 1. The van der Waals surface area contributed by atoms with Gasteiger partial charge in [-0.1, -0.05) is 38.3 Å². The summed E-state index contributed by atoms with van der Waals surface area (Å²) in [5, 5.41) is 6.59. The Morgan fingerprint density at radius 2 is 2.14 bits per heavy atom. The highest BCUT2D eigenvalue weighted by molar-refractivity contribution is 5.91. The standard InChI is InChI=1S/C16H29N3O2/c1-5-7-8-10-19(13(3)9-6-2)12-16(20)17-15-11-14(4)21-18-15/h11,13H,5-10,12H2,1-4H3,(H,17,18,20). The molecule has 0 aromatic carbocycles. The van der Waals surface area contributed by atoms with Gasteiger partial charge in [0.15, 0.2) is 5.82 Å². The average molecular weight is 295 g/mol. The molecular formula is C16H29N3O2. The van der Waals surface area contributed by atoms with E-state index in [1.807, 2.05) is 6.92 Å². The third-order valence-electron chi connectivity index (χ3n) is 3.62. The number of nitrogens with zero attached hydrogens (tertiary/aromatic N) is 2. The Hall–Kier alpha value is -1.36. The van der Waals surface area contributed by atoms with Gasteiger partial charge in [0.25, 0.3) is 0 Å². The molecule has 1 unspecified atom stereocenters. The van der Waals surface area contributed by atoms with Gasteiger partial charge in [-0.3, -0.25) is 9.69 Å². The van der Waals surface area contributed by atoms with E-state index >= 15 is 0 Å². The van der Waals surface area contributed by atoms with E-state index in [9.17, 15) is 4.79 Å². The Balaban J connectivity index is 2.50. The predicted molar refractivity (Wildman–Crippen MR) is 85.3 cm³/mol. The fourth-order valence-electron chi connectivity index (χ4n) is 2.41. The molecule has 0 spiro atoms. The summed E-state index contributed by atoms with van der Waals surface area (Å²) in [6, 6.07) is 2.16. The number of hydrogen-bond acceptors (Lipinski definition) is 4. The fraction of sp³-hybridized carbons (Fsp3) is 0.750. The van der Waals surface area contributed by atoms with Crippen molar-refractivity contribution in [3.05, 3.63) is 11.8 Å². The summed E-state index contributed by atoms with van der Waals surface area (Å²) in [5.74, 6) is 1.17. The number of nitrogens with one attached hydrogen (secondary N) is 1. The van der Waals surface area contributed by atoms with Crippen molar-refractivity contribution in [1.29, 1.82) is 0 Å². The van der Waals surface area contributed by atoms with Crippen LogP contribution in [0.25, 0.3) is 0 Å². The van der Waals surface area contributed by atoms with Crippen LogP contribution >= 0.6 is 0 Å². The summed E-state index contributed by atoms with van der Waals surface area (Å²) in [6.45, 7) is 9.77. The van der Waals surface area contributed by atoms with Crippen LogP contribution in [0.15, 0.2) is 10.6 Å². The first kappa shape index (κ1) is 17.7. The number of rotatable bonds is 10. The van der Waals surface area contributed by atoms with Crippen molar-refractivity contribution < 1.29 is 9.32 Å². The molecule has 0 fully saturated rings. The van der Waals surface area contributed by atoms with E-state index in [0.717, 1.165) is 25.8 Å². The monoisotopic (exact) mass is 295 g/mol. The number of aromatic nitrogens is 1. The van der Waals surface area contributed by atoms with E-state index in [4.69, 9.17) is 4.52 Å². The quantitative estimate of drug-likeness (QED) is 0.670. The molecule has 1 amide bonds. The minimum absolute atomic E-state index is 0.0252. The molecule has 0 aliphatic heterocycles. The first-order chi connectivity index (χ1) is 10.1. The third-order valence-corrected chi connectivity index (χ3v) is 3.62. The van der Waals surface area contributed by atoms with Crippen molar-refractivity contribution in [1.82, 2.24) is 10.1 Å². The van der Waals surface area contributed by atoms with Crippen molar-refractivity contribution in [2.75, 3.05) is 18.4 Å². The second kappa shape index (κ2) is 9.55. The van der Waals surface area contributed by atoms with Crippen LogP contribution in [0.5, 0.6) is 0 Å². The molecule has 1 heterocycles. The van der Waals surface area contributed by atoms with E-state index in [1.54, 1.807) is 6.07 Å². The van der Waals surface area contributed by atoms with E-state index in [-0.39, 0.29) is 5.91 Å². The fourth-order valence-corrected chi connectivity index (χ4v) is 2.41. The summed E-state index contributed by atoms with van der Waals surface area (Å²) < 4.78 is 4.96. The molecule has 5 nitrogen and oxygen atoms in total. The third kappa shape index (κ3) is 6.76. The number of aryl methyl sites for hydroxylation is 1. The highest BCUT2D eigenvalue weighted by atomic mass is 16.5. The van der Waals surface area contributed by atoms with Crippen LogP contribution in [0.2, 0.25) is 0 Å². The molecule has 0 aliphatic rings. The maximum atomic E-state index is 12.1. The van der Waals surface area contributed by atoms with E-state index in [1.165, 1.54) is 12.8 Å². The van der Waals surface area contributed by atoms with Crippen LogP contribution in [0.4, 0.5) is 5.82 Å². The SMILES string of the molecule is CCCCCN(CC(=O)Nc1cc(C)on1)C(C)CCC. The molecule has 1 N–H and O–H groups in total. The normalized spacial score (nSPS) is 12.6. The topological polar surface area (TPSA) is 58.4 Å². The Morgan fingerprint density at radius 3 is 2.71 bits per heavy atom. The van der Waals surface area contributed by atoms with Gasteiger partial charge in [-0.15, -0.1) is 0 Å². The van der Waals surface area contributed by atoms with Gasteiger partial charge in [0.05, 0.1) is 6.54 Å². The van der Waals surface area contributed by atoms with Gasteiger partial charge in [-0.2, -0.15) is 0 Å². The van der Waals surface area contributed by atoms with Crippen LogP contribution in [-0.2, 0) is 4.79 Å². The highest BCUT2D eigenvalue weighted by Gasteiger charge is 2.17. The maximum absolute atomic E-state index is 12.1. The Labute approximate surface area is 128 Å². The zero-order chi connectivity index (χ0) is 15.7. The number of carbonyl (C=O) groups excluding carboxylic acids is 1. The lowest BCUT2D eigenvalue weighted by Crippen LogP contribution is -2.40. The lowest BCUT2D eigenvalue weighted by atomic mass is 10.1. The van der Waals surface area contributed by atoms with Crippen LogP contribution < -0.4 is 5.32 Å². The molecule has 21 heavy (non-hydrogen) atoms. The molecule has 1 rings (SSSR count). The molecule has 0 saturated heterocycles. The molecule has 0 aliphatic carbocycles. The summed E-state index contributed by atoms with van der Waals surface area (Å²) in [6.07, 6.45) is 5.79. The summed E-state index contributed by atoms with van der Waals surface area (Å²) in [7, 11) is 0. The molecule has 0 radical (unpaired) electrons. The first-order valence-electron chi connectivity index (χ1n) is 8.04. The Morgan fingerprint density at radius 1 is 1.38 bits per heavy atom. The van der Waals surface area contributed by atoms with Crippen molar-refractivity contribution in [3.63, 3.8) is 0 Å². The van der Waals surface area contributed by atoms with Crippen LogP contribution in [0.1, 0.15) is 58.6 Å². The smallest absolute Gasteiger partial charge is 0.239 e. The van der Waals surface area contributed by atoms with Crippen molar-refractivity contribution in [2.24, 2.45) is 0 Å². The average Bonchev–Trinajstić information content (AvgIpc) is 2.83. The highest BCUT2D eigenvalue weighted by Crippen LogP contribution is 2.11. The zero-order valence-electron chi connectivity index (χ0n) is 13.8. The Bertz CT molecular complexity index is 417. The van der Waals surface area contributed by atoms with Crippen LogP contribution in [-0.4, -0.2) is 35.1 Å². The lowest BCUT2D eigenvalue weighted by molar-refractivity contribution is -0.117. The molecule has 0 saturated carbocycles. The van der Waals surface area contributed by atoms with Gasteiger partial charge in [0, 0.05) is 12.1 Å². The van der Waals surface area contributed by atoms with Gasteiger partial charge in [0.1, 0.15) is 5.76 Å². The van der Waals surface area contributed by atoms with E-state index in [0.29, 0.717) is 24.2 Å². The summed E-state index contributed by atoms with van der Waals surface area (Å²) >= 11 is 0. The summed E-state index contributed by atoms with van der Waals surface area (Å²) in [5.41, 5.74) is 0. The van der Waals surface area contributed by atoms with Gasteiger partial charge in [0.2, 0.25) is 5.91 Å². The lowest BCUT2D eigenvalue weighted by Gasteiger charge is -2.28. The second-order valence-corrected chi connectivity index (χ2v) is 5.69. The molecule has 1 aromatic heterocycles. The first-order valence-corrected chi connectivity index (χ1v) is 8.04. The molecule has 1 aromatic rings. The van der Waals surface area contributed by atoms with Crippen molar-refractivity contribution >= 4 is 11.7 Å². The van der Waals surface area contributed by atoms with Crippen LogP contribution in [0.3, 0.4) is 0 Å². The van der Waals surface area contributed by atoms with Gasteiger partial charge < -0.3 is 9.84 Å². The summed E-state index contributed by atoms with van der Waals surface area (Å²) in [4.78, 5) is 14.4. The van der Waals surface area contributed by atoms with Gasteiger partial charge in [-0.05, 0) is 33.2 Å². The van der Waals surface area contributed by atoms with Crippen LogP contribution in [0, 0.1) is 6.92 Å². The minimum Gasteiger partial charge on any atom is -0.360 e. The number of unbranched alkanes of at least 4 members (excludes halogenated alkanes) is 2. The number of hydrogen-bond donors (Lipinski definition) is 1. The van der Waals surface area contributed by atoms with Crippen molar-refractivity contribution in [2.45, 2.75) is 65.8 Å². The number of amides is 1. The predicted octanol–water partition coefficient (Wildman–Crippen LogP) is 3.60. The second-order valence-electron chi connectivity index (χ2n) is 5.69. The molecular weight excluding hydrogens is 266 g/mol. The maximum Gasteiger partial charge on any atom is 0.239 e. The molecule has 5 heteroatoms. The Kier molecular flexibility index (Phi) is 8.05.